The fraction of sp³-hybridized carbons (Fsp3) is 0.636. The molecule has 2 heterocycles. The molecule has 1 fully saturated rings. The van der Waals surface area contributed by atoms with E-state index >= 15 is 0 Å². The van der Waals surface area contributed by atoms with Crippen molar-refractivity contribution in [2.24, 2.45) is 0 Å². The van der Waals surface area contributed by atoms with Gasteiger partial charge in [0.25, 0.3) is 0 Å². The number of likely N-dealkylation sites (tertiary alicyclic amines) is 1. The van der Waals surface area contributed by atoms with Crippen molar-refractivity contribution >= 4 is 5.95 Å². The molecule has 18 heavy (non-hydrogen) atoms. The number of halogens is 3. The molecule has 1 aromatic heterocycles. The van der Waals surface area contributed by atoms with Crippen LogP contribution in [-0.4, -0.2) is 41.0 Å². The SMILES string of the molecule is CN1CCCC1CNc1ncc(C(F)(F)F)cn1. The van der Waals surface area contributed by atoms with E-state index in [1.807, 2.05) is 7.05 Å². The number of rotatable bonds is 3. The van der Waals surface area contributed by atoms with Crippen LogP contribution in [0.25, 0.3) is 0 Å². The van der Waals surface area contributed by atoms with Crippen LogP contribution in [0, 0.1) is 0 Å². The van der Waals surface area contributed by atoms with E-state index in [-0.39, 0.29) is 5.95 Å². The van der Waals surface area contributed by atoms with Gasteiger partial charge in [0, 0.05) is 25.0 Å². The number of likely N-dealkylation sites (N-methyl/N-ethyl adjacent to an activating group) is 1. The van der Waals surface area contributed by atoms with E-state index < -0.39 is 11.7 Å². The molecule has 0 aliphatic carbocycles. The lowest BCUT2D eigenvalue weighted by atomic mass is 10.2. The number of anilines is 1. The topological polar surface area (TPSA) is 41.0 Å². The number of hydrogen-bond acceptors (Lipinski definition) is 4. The van der Waals surface area contributed by atoms with Crippen molar-refractivity contribution in [1.29, 1.82) is 0 Å². The third-order valence-corrected chi connectivity index (χ3v) is 3.15. The maximum absolute atomic E-state index is 12.3. The van der Waals surface area contributed by atoms with E-state index in [0.29, 0.717) is 12.6 Å². The summed E-state index contributed by atoms with van der Waals surface area (Å²) in [5.41, 5.74) is -0.828. The summed E-state index contributed by atoms with van der Waals surface area (Å²) >= 11 is 0. The molecule has 7 heteroatoms. The summed E-state index contributed by atoms with van der Waals surface area (Å²) in [5.74, 6) is 0.239. The minimum atomic E-state index is -4.38. The Kier molecular flexibility index (Phi) is 3.70. The molecule has 1 atom stereocenters. The van der Waals surface area contributed by atoms with Crippen LogP contribution in [0.5, 0.6) is 0 Å². The zero-order valence-corrected chi connectivity index (χ0v) is 10.0. The number of hydrogen-bond donors (Lipinski definition) is 1. The fourth-order valence-electron chi connectivity index (χ4n) is 2.01. The zero-order chi connectivity index (χ0) is 13.2. The maximum Gasteiger partial charge on any atom is 0.419 e. The van der Waals surface area contributed by atoms with Crippen molar-refractivity contribution in [3.8, 4) is 0 Å². The predicted molar refractivity (Wildman–Crippen MR) is 61.2 cm³/mol. The van der Waals surface area contributed by atoms with Crippen molar-refractivity contribution in [2.75, 3.05) is 25.5 Å². The van der Waals surface area contributed by atoms with Crippen molar-refractivity contribution in [2.45, 2.75) is 25.1 Å². The highest BCUT2D eigenvalue weighted by molar-refractivity contribution is 5.26. The second-order valence-corrected chi connectivity index (χ2v) is 4.45. The van der Waals surface area contributed by atoms with E-state index in [9.17, 15) is 13.2 Å². The average Bonchev–Trinajstić information content (AvgIpc) is 2.72. The molecule has 1 saturated heterocycles. The van der Waals surface area contributed by atoms with Crippen molar-refractivity contribution < 1.29 is 13.2 Å². The smallest absolute Gasteiger partial charge is 0.353 e. The quantitative estimate of drug-likeness (QED) is 0.902. The zero-order valence-electron chi connectivity index (χ0n) is 10.0. The normalized spacial score (nSPS) is 21.2. The molecular formula is C11H15F3N4. The summed E-state index contributed by atoms with van der Waals surface area (Å²) in [4.78, 5) is 9.56. The van der Waals surface area contributed by atoms with Crippen molar-refractivity contribution in [3.05, 3.63) is 18.0 Å². The first kappa shape index (κ1) is 13.1. The summed E-state index contributed by atoms with van der Waals surface area (Å²) in [5, 5.41) is 2.96. The molecule has 0 saturated carbocycles. The second-order valence-electron chi connectivity index (χ2n) is 4.45. The summed E-state index contributed by atoms with van der Waals surface area (Å²) in [6, 6.07) is 0.399. The van der Waals surface area contributed by atoms with Gasteiger partial charge < -0.3 is 10.2 Å². The van der Waals surface area contributed by atoms with Gasteiger partial charge in [-0.05, 0) is 26.4 Å². The molecule has 0 spiro atoms. The first-order chi connectivity index (χ1) is 8.47. The van der Waals surface area contributed by atoms with Crippen molar-refractivity contribution in [3.63, 3.8) is 0 Å². The maximum atomic E-state index is 12.3. The van der Waals surface area contributed by atoms with Gasteiger partial charge in [-0.25, -0.2) is 9.97 Å². The predicted octanol–water partition coefficient (Wildman–Crippen LogP) is 2.00. The monoisotopic (exact) mass is 260 g/mol. The van der Waals surface area contributed by atoms with Crippen LogP contribution in [0.1, 0.15) is 18.4 Å². The second kappa shape index (κ2) is 5.09. The third kappa shape index (κ3) is 3.10. The minimum absolute atomic E-state index is 0.239. The third-order valence-electron chi connectivity index (χ3n) is 3.15. The van der Waals surface area contributed by atoms with Gasteiger partial charge >= 0.3 is 6.18 Å². The van der Waals surface area contributed by atoms with Crippen LogP contribution in [0.4, 0.5) is 19.1 Å². The molecule has 0 aromatic carbocycles. The van der Waals surface area contributed by atoms with Gasteiger partial charge in [-0.2, -0.15) is 13.2 Å². The molecule has 1 N–H and O–H groups in total. The molecule has 100 valence electrons. The van der Waals surface area contributed by atoms with Gasteiger partial charge in [0.1, 0.15) is 0 Å². The molecular weight excluding hydrogens is 245 g/mol. The molecule has 0 amide bonds. The average molecular weight is 260 g/mol. The van der Waals surface area contributed by atoms with Gasteiger partial charge in [0.15, 0.2) is 0 Å². The van der Waals surface area contributed by atoms with Gasteiger partial charge in [-0.3, -0.25) is 0 Å². The van der Waals surface area contributed by atoms with Crippen LogP contribution < -0.4 is 5.32 Å². The largest absolute Gasteiger partial charge is 0.419 e. The Morgan fingerprint density at radius 1 is 1.39 bits per heavy atom. The van der Waals surface area contributed by atoms with E-state index in [2.05, 4.69) is 20.2 Å². The highest BCUT2D eigenvalue weighted by Gasteiger charge is 2.31. The Bertz CT molecular complexity index is 390. The lowest BCUT2D eigenvalue weighted by Gasteiger charge is -2.19. The molecule has 0 bridgehead atoms. The standard InChI is InChI=1S/C11H15F3N4/c1-18-4-2-3-9(18)7-17-10-15-5-8(6-16-10)11(12,13)14/h5-6,9H,2-4,7H2,1H3,(H,15,16,17). The lowest BCUT2D eigenvalue weighted by molar-refractivity contribution is -0.138. The summed E-state index contributed by atoms with van der Waals surface area (Å²) in [7, 11) is 2.03. The lowest BCUT2D eigenvalue weighted by Crippen LogP contribution is -2.31. The summed E-state index contributed by atoms with van der Waals surface area (Å²) < 4.78 is 36.9. The fourth-order valence-corrected chi connectivity index (χ4v) is 2.01. The Balaban J connectivity index is 1.90. The van der Waals surface area contributed by atoms with E-state index in [4.69, 9.17) is 0 Å². The highest BCUT2D eigenvalue weighted by atomic mass is 19.4. The van der Waals surface area contributed by atoms with Crippen LogP contribution in [0.3, 0.4) is 0 Å². The summed E-state index contributed by atoms with van der Waals surface area (Å²) in [6.07, 6.45) is -0.549. The number of nitrogens with one attached hydrogen (secondary N) is 1. The molecule has 2 rings (SSSR count). The molecule has 1 aromatic rings. The first-order valence-corrected chi connectivity index (χ1v) is 5.80. The van der Waals surface area contributed by atoms with Gasteiger partial charge in [0.2, 0.25) is 5.95 Å². The van der Waals surface area contributed by atoms with E-state index in [0.717, 1.165) is 31.8 Å². The van der Waals surface area contributed by atoms with Crippen LogP contribution in [0.15, 0.2) is 12.4 Å². The molecule has 1 aliphatic heterocycles. The summed E-state index contributed by atoms with van der Waals surface area (Å²) in [6.45, 7) is 1.71. The molecule has 0 radical (unpaired) electrons. The Morgan fingerprint density at radius 2 is 2.06 bits per heavy atom. The van der Waals surface area contributed by atoms with Gasteiger partial charge in [0.05, 0.1) is 5.56 Å². The molecule has 1 aliphatic rings. The molecule has 4 nitrogen and oxygen atoms in total. The van der Waals surface area contributed by atoms with Gasteiger partial charge in [-0.15, -0.1) is 0 Å². The van der Waals surface area contributed by atoms with Crippen LogP contribution in [0.2, 0.25) is 0 Å². The van der Waals surface area contributed by atoms with Gasteiger partial charge in [-0.1, -0.05) is 0 Å². The first-order valence-electron chi connectivity index (χ1n) is 5.80. The Labute approximate surface area is 103 Å². The highest BCUT2D eigenvalue weighted by Crippen LogP contribution is 2.28. The number of nitrogens with zero attached hydrogens (tertiary/aromatic N) is 3. The Morgan fingerprint density at radius 3 is 2.56 bits per heavy atom. The van der Waals surface area contributed by atoms with Crippen molar-refractivity contribution in [1.82, 2.24) is 14.9 Å². The van der Waals surface area contributed by atoms with E-state index in [1.165, 1.54) is 0 Å². The molecule has 1 unspecified atom stereocenters. The minimum Gasteiger partial charge on any atom is -0.353 e. The number of aromatic nitrogens is 2. The Hall–Kier alpha value is -1.37. The number of alkyl halides is 3. The van der Waals surface area contributed by atoms with E-state index in [1.54, 1.807) is 0 Å². The van der Waals surface area contributed by atoms with Crippen LogP contribution in [-0.2, 0) is 6.18 Å². The van der Waals surface area contributed by atoms with Crippen LogP contribution >= 0.6 is 0 Å².